The summed E-state index contributed by atoms with van der Waals surface area (Å²) < 4.78 is 5.03. The maximum absolute atomic E-state index is 12.1. The van der Waals surface area contributed by atoms with Gasteiger partial charge in [-0.3, -0.25) is 9.59 Å². The molecule has 3 atom stereocenters. The largest absolute Gasteiger partial charge is 0.466 e. The number of likely N-dealkylation sites (tertiary alicyclic amines) is 1. The fraction of sp³-hybridized carbons (Fsp3) is 0.846. The molecule has 2 aliphatic rings. The first-order chi connectivity index (χ1) is 8.13. The molecule has 0 spiro atoms. The van der Waals surface area contributed by atoms with Crippen molar-refractivity contribution in [1.29, 1.82) is 0 Å². The van der Waals surface area contributed by atoms with Crippen molar-refractivity contribution in [1.82, 2.24) is 4.90 Å². The van der Waals surface area contributed by atoms with Crippen LogP contribution in [0.2, 0.25) is 0 Å². The summed E-state index contributed by atoms with van der Waals surface area (Å²) in [6, 6.07) is 0. The van der Waals surface area contributed by atoms with Crippen LogP contribution in [-0.2, 0) is 14.3 Å². The Morgan fingerprint density at radius 3 is 2.71 bits per heavy atom. The fourth-order valence-corrected chi connectivity index (χ4v) is 2.53. The van der Waals surface area contributed by atoms with Crippen LogP contribution in [0, 0.1) is 17.8 Å². The van der Waals surface area contributed by atoms with Gasteiger partial charge in [-0.25, -0.2) is 0 Å². The molecule has 0 aromatic rings. The van der Waals surface area contributed by atoms with Gasteiger partial charge in [-0.1, -0.05) is 6.92 Å². The molecule has 0 aromatic heterocycles. The third kappa shape index (κ3) is 2.79. The third-order valence-electron chi connectivity index (χ3n) is 3.78. The molecule has 17 heavy (non-hydrogen) atoms. The Bertz CT molecular complexity index is 316. The smallest absolute Gasteiger partial charge is 0.310 e. The molecule has 1 amide bonds. The minimum Gasteiger partial charge on any atom is -0.466 e. The first-order valence-corrected chi connectivity index (χ1v) is 6.59. The molecule has 2 rings (SSSR count). The minimum absolute atomic E-state index is 0.110. The highest BCUT2D eigenvalue weighted by molar-refractivity contribution is 5.82. The second-order valence-corrected chi connectivity index (χ2v) is 5.19. The van der Waals surface area contributed by atoms with E-state index >= 15 is 0 Å². The summed E-state index contributed by atoms with van der Waals surface area (Å²) in [7, 11) is 0. The number of piperidine rings is 1. The maximum Gasteiger partial charge on any atom is 0.310 e. The van der Waals surface area contributed by atoms with E-state index in [2.05, 4.69) is 6.92 Å². The first-order valence-electron chi connectivity index (χ1n) is 6.59. The Labute approximate surface area is 102 Å². The van der Waals surface area contributed by atoms with Gasteiger partial charge in [0, 0.05) is 19.0 Å². The lowest BCUT2D eigenvalue weighted by Gasteiger charge is -2.31. The van der Waals surface area contributed by atoms with Gasteiger partial charge in [0.2, 0.25) is 5.91 Å². The molecule has 1 saturated heterocycles. The number of esters is 1. The van der Waals surface area contributed by atoms with Gasteiger partial charge < -0.3 is 9.64 Å². The number of hydrogen-bond donors (Lipinski definition) is 0. The summed E-state index contributed by atoms with van der Waals surface area (Å²) in [6.45, 7) is 5.70. The molecule has 1 aliphatic carbocycles. The number of rotatable bonds is 3. The second kappa shape index (κ2) is 5.07. The van der Waals surface area contributed by atoms with Gasteiger partial charge in [0.1, 0.15) is 0 Å². The van der Waals surface area contributed by atoms with Gasteiger partial charge in [-0.05, 0) is 32.1 Å². The quantitative estimate of drug-likeness (QED) is 0.700. The van der Waals surface area contributed by atoms with Gasteiger partial charge in [-0.2, -0.15) is 0 Å². The normalized spacial score (nSPS) is 32.1. The minimum atomic E-state index is -0.145. The summed E-state index contributed by atoms with van der Waals surface area (Å²) in [5, 5.41) is 0. The van der Waals surface area contributed by atoms with E-state index in [1.165, 1.54) is 0 Å². The molecule has 2 unspecified atom stereocenters. The zero-order valence-electron chi connectivity index (χ0n) is 10.6. The van der Waals surface area contributed by atoms with Crippen LogP contribution in [0.25, 0.3) is 0 Å². The van der Waals surface area contributed by atoms with E-state index in [9.17, 15) is 9.59 Å². The maximum atomic E-state index is 12.1. The summed E-state index contributed by atoms with van der Waals surface area (Å²) in [5.74, 6) is 0.739. The number of ether oxygens (including phenoxy) is 1. The molecule has 96 valence electrons. The molecule has 0 radical (unpaired) electrons. The summed E-state index contributed by atoms with van der Waals surface area (Å²) in [6.07, 6.45) is 2.78. The van der Waals surface area contributed by atoms with Crippen molar-refractivity contribution in [2.24, 2.45) is 17.8 Å². The standard InChI is InChI=1S/C13H21NO3/c1-3-17-13(16)10-5-4-6-14(8-10)12(15)11-7-9(11)2/h9-11H,3-8H2,1-2H3/t9?,10-,11?/m0/s1. The van der Waals surface area contributed by atoms with Crippen molar-refractivity contribution < 1.29 is 14.3 Å². The lowest BCUT2D eigenvalue weighted by molar-refractivity contribution is -0.151. The summed E-state index contributed by atoms with van der Waals surface area (Å²) in [4.78, 5) is 25.6. The number of amides is 1. The highest BCUT2D eigenvalue weighted by Gasteiger charge is 2.42. The molecule has 1 heterocycles. The van der Waals surface area contributed by atoms with Crippen molar-refractivity contribution in [2.45, 2.75) is 33.1 Å². The molecule has 0 aromatic carbocycles. The molecular formula is C13H21NO3. The van der Waals surface area contributed by atoms with Crippen LogP contribution in [0.5, 0.6) is 0 Å². The Morgan fingerprint density at radius 2 is 2.12 bits per heavy atom. The molecular weight excluding hydrogens is 218 g/mol. The highest BCUT2D eigenvalue weighted by Crippen LogP contribution is 2.39. The highest BCUT2D eigenvalue weighted by atomic mass is 16.5. The molecule has 0 bridgehead atoms. The monoisotopic (exact) mass is 239 g/mol. The van der Waals surface area contributed by atoms with Crippen LogP contribution in [0.4, 0.5) is 0 Å². The van der Waals surface area contributed by atoms with Gasteiger partial charge in [0.05, 0.1) is 12.5 Å². The van der Waals surface area contributed by atoms with Crippen LogP contribution >= 0.6 is 0 Å². The molecule has 1 saturated carbocycles. The van der Waals surface area contributed by atoms with Crippen LogP contribution in [0.3, 0.4) is 0 Å². The van der Waals surface area contributed by atoms with Crippen LogP contribution in [0.15, 0.2) is 0 Å². The lowest BCUT2D eigenvalue weighted by Crippen LogP contribution is -2.43. The van der Waals surface area contributed by atoms with Crippen molar-refractivity contribution in [3.05, 3.63) is 0 Å². The van der Waals surface area contributed by atoms with Crippen LogP contribution in [-0.4, -0.2) is 36.5 Å². The SMILES string of the molecule is CCOC(=O)[C@H]1CCCN(C(=O)C2CC2C)C1. The van der Waals surface area contributed by atoms with E-state index in [1.807, 2.05) is 11.8 Å². The van der Waals surface area contributed by atoms with E-state index in [0.717, 1.165) is 25.8 Å². The van der Waals surface area contributed by atoms with Crippen LogP contribution < -0.4 is 0 Å². The van der Waals surface area contributed by atoms with Crippen molar-refractivity contribution >= 4 is 11.9 Å². The fourth-order valence-electron chi connectivity index (χ4n) is 2.53. The average Bonchev–Trinajstić information content (AvgIpc) is 3.06. The van der Waals surface area contributed by atoms with E-state index in [4.69, 9.17) is 4.74 Å². The van der Waals surface area contributed by atoms with E-state index in [0.29, 0.717) is 19.1 Å². The number of hydrogen-bond acceptors (Lipinski definition) is 3. The Hall–Kier alpha value is -1.06. The van der Waals surface area contributed by atoms with Crippen molar-refractivity contribution in [2.75, 3.05) is 19.7 Å². The predicted octanol–water partition coefficient (Wildman–Crippen LogP) is 1.44. The van der Waals surface area contributed by atoms with Gasteiger partial charge in [0.25, 0.3) is 0 Å². The molecule has 2 fully saturated rings. The molecule has 1 aliphatic heterocycles. The van der Waals surface area contributed by atoms with Crippen molar-refractivity contribution in [3.8, 4) is 0 Å². The molecule has 0 N–H and O–H groups in total. The van der Waals surface area contributed by atoms with Crippen molar-refractivity contribution in [3.63, 3.8) is 0 Å². The number of carbonyl (C=O) groups excluding carboxylic acids is 2. The zero-order valence-corrected chi connectivity index (χ0v) is 10.6. The zero-order chi connectivity index (χ0) is 12.4. The average molecular weight is 239 g/mol. The van der Waals surface area contributed by atoms with E-state index in [-0.39, 0.29) is 23.7 Å². The van der Waals surface area contributed by atoms with E-state index < -0.39 is 0 Å². The lowest BCUT2D eigenvalue weighted by atomic mass is 9.98. The number of carbonyl (C=O) groups is 2. The molecule has 4 nitrogen and oxygen atoms in total. The van der Waals surface area contributed by atoms with Crippen LogP contribution in [0.1, 0.15) is 33.1 Å². The summed E-state index contributed by atoms with van der Waals surface area (Å²) in [5.41, 5.74) is 0. The second-order valence-electron chi connectivity index (χ2n) is 5.19. The van der Waals surface area contributed by atoms with Gasteiger partial charge in [-0.15, -0.1) is 0 Å². The Kier molecular flexibility index (Phi) is 3.69. The summed E-state index contributed by atoms with van der Waals surface area (Å²) >= 11 is 0. The topological polar surface area (TPSA) is 46.6 Å². The molecule has 4 heteroatoms. The Balaban J connectivity index is 1.88. The predicted molar refractivity (Wildman–Crippen MR) is 63.2 cm³/mol. The van der Waals surface area contributed by atoms with Gasteiger partial charge in [0.15, 0.2) is 0 Å². The third-order valence-corrected chi connectivity index (χ3v) is 3.78. The Morgan fingerprint density at radius 1 is 1.41 bits per heavy atom. The first kappa shape index (κ1) is 12.4. The van der Waals surface area contributed by atoms with Gasteiger partial charge >= 0.3 is 5.97 Å². The van der Waals surface area contributed by atoms with E-state index in [1.54, 1.807) is 0 Å². The number of nitrogens with zero attached hydrogens (tertiary/aromatic N) is 1.